The standard InChI is InChI=1S/C14H19N2/c1-13-15(2)11-12-16(13)10-6-9-14-7-4-3-5-8-14/h3-5,7-8,11-12H,6,9-10H2,1-2H3/q+1. The molecule has 0 aliphatic heterocycles. The smallest absolute Gasteiger partial charge is 0.237 e. The maximum atomic E-state index is 2.31. The largest absolute Gasteiger partial charge is 0.253 e. The number of imidazole rings is 1. The Labute approximate surface area is 97.2 Å². The molecule has 2 heteroatoms. The Hall–Kier alpha value is -1.57. The number of aromatic nitrogens is 2. The van der Waals surface area contributed by atoms with Gasteiger partial charge >= 0.3 is 0 Å². The van der Waals surface area contributed by atoms with E-state index in [1.807, 2.05) is 0 Å². The molecular formula is C14H19N2+. The monoisotopic (exact) mass is 215 g/mol. The predicted octanol–water partition coefficient (Wildman–Crippen LogP) is 2.25. The van der Waals surface area contributed by atoms with Gasteiger partial charge in [0.05, 0.1) is 13.6 Å². The first-order chi connectivity index (χ1) is 7.77. The lowest BCUT2D eigenvalue weighted by Gasteiger charge is -2.00. The third-order valence-corrected chi connectivity index (χ3v) is 3.10. The van der Waals surface area contributed by atoms with Crippen molar-refractivity contribution >= 4 is 0 Å². The first-order valence-corrected chi connectivity index (χ1v) is 5.82. The van der Waals surface area contributed by atoms with Crippen molar-refractivity contribution in [3.63, 3.8) is 0 Å². The molecule has 2 rings (SSSR count). The predicted molar refractivity (Wildman–Crippen MR) is 65.1 cm³/mol. The third-order valence-electron chi connectivity index (χ3n) is 3.10. The molecule has 0 atom stereocenters. The maximum absolute atomic E-state index is 2.31. The Morgan fingerprint density at radius 2 is 1.94 bits per heavy atom. The summed E-state index contributed by atoms with van der Waals surface area (Å²) in [6.45, 7) is 3.25. The van der Waals surface area contributed by atoms with E-state index in [0.717, 1.165) is 13.0 Å². The number of aryl methyl sites for hydroxylation is 3. The first-order valence-electron chi connectivity index (χ1n) is 5.82. The van der Waals surface area contributed by atoms with Gasteiger partial charge in [0.1, 0.15) is 12.4 Å². The molecule has 2 nitrogen and oxygen atoms in total. The Morgan fingerprint density at radius 3 is 2.56 bits per heavy atom. The molecule has 1 heterocycles. The molecule has 0 aliphatic rings. The van der Waals surface area contributed by atoms with Crippen molar-refractivity contribution in [2.24, 2.45) is 7.05 Å². The zero-order valence-corrected chi connectivity index (χ0v) is 10.1. The van der Waals surface area contributed by atoms with Gasteiger partial charge in [-0.15, -0.1) is 0 Å². The fourth-order valence-electron chi connectivity index (χ4n) is 1.93. The van der Waals surface area contributed by atoms with Crippen LogP contribution in [-0.2, 0) is 20.0 Å². The second kappa shape index (κ2) is 4.97. The lowest BCUT2D eigenvalue weighted by Crippen LogP contribution is -2.29. The van der Waals surface area contributed by atoms with Gasteiger partial charge in [-0.1, -0.05) is 30.3 Å². The van der Waals surface area contributed by atoms with Gasteiger partial charge in [-0.25, -0.2) is 9.13 Å². The number of benzene rings is 1. The SMILES string of the molecule is Cc1n(CCCc2ccccc2)cc[n+]1C. The lowest BCUT2D eigenvalue weighted by atomic mass is 10.1. The summed E-state index contributed by atoms with van der Waals surface area (Å²) in [4.78, 5) is 0. The average molecular weight is 215 g/mol. The minimum Gasteiger partial charge on any atom is -0.237 e. The lowest BCUT2D eigenvalue weighted by molar-refractivity contribution is -0.677. The van der Waals surface area contributed by atoms with Gasteiger partial charge in [-0.3, -0.25) is 0 Å². The molecule has 1 aromatic carbocycles. The highest BCUT2D eigenvalue weighted by atomic mass is 15.1. The summed E-state index contributed by atoms with van der Waals surface area (Å²) in [7, 11) is 2.09. The average Bonchev–Trinajstić information content (AvgIpc) is 2.62. The molecule has 84 valence electrons. The minimum atomic E-state index is 1.10. The van der Waals surface area contributed by atoms with E-state index in [1.165, 1.54) is 17.8 Å². The van der Waals surface area contributed by atoms with E-state index in [0.29, 0.717) is 0 Å². The second-order valence-electron chi connectivity index (χ2n) is 4.24. The number of hydrogen-bond donors (Lipinski definition) is 0. The van der Waals surface area contributed by atoms with E-state index in [9.17, 15) is 0 Å². The van der Waals surface area contributed by atoms with E-state index in [2.05, 4.69) is 65.8 Å². The molecule has 2 aromatic rings. The van der Waals surface area contributed by atoms with Crippen molar-refractivity contribution in [1.29, 1.82) is 0 Å². The summed E-state index contributed by atoms with van der Waals surface area (Å²) < 4.78 is 4.46. The van der Waals surface area contributed by atoms with Crippen LogP contribution >= 0.6 is 0 Å². The van der Waals surface area contributed by atoms with E-state index in [1.54, 1.807) is 0 Å². The minimum absolute atomic E-state index is 1.10. The zero-order valence-electron chi connectivity index (χ0n) is 10.1. The van der Waals surface area contributed by atoms with Gasteiger partial charge in [0.2, 0.25) is 0 Å². The van der Waals surface area contributed by atoms with Crippen molar-refractivity contribution in [2.75, 3.05) is 0 Å². The van der Waals surface area contributed by atoms with Gasteiger partial charge < -0.3 is 0 Å². The Bertz CT molecular complexity index is 443. The third kappa shape index (κ3) is 2.51. The molecule has 0 spiro atoms. The van der Waals surface area contributed by atoms with Crippen molar-refractivity contribution < 1.29 is 4.57 Å². The molecule has 0 radical (unpaired) electrons. The van der Waals surface area contributed by atoms with Gasteiger partial charge in [0.15, 0.2) is 0 Å². The van der Waals surface area contributed by atoms with Crippen molar-refractivity contribution in [1.82, 2.24) is 4.57 Å². The molecule has 0 amide bonds. The molecular weight excluding hydrogens is 196 g/mol. The van der Waals surface area contributed by atoms with Crippen LogP contribution in [-0.4, -0.2) is 4.57 Å². The van der Waals surface area contributed by atoms with Crippen molar-refractivity contribution in [3.8, 4) is 0 Å². The zero-order chi connectivity index (χ0) is 11.4. The Kier molecular flexibility index (Phi) is 3.40. The van der Waals surface area contributed by atoms with Crippen molar-refractivity contribution in [2.45, 2.75) is 26.3 Å². The summed E-state index contributed by atoms with van der Waals surface area (Å²) in [6.07, 6.45) is 6.61. The molecule has 0 N–H and O–H groups in total. The van der Waals surface area contributed by atoms with Crippen LogP contribution in [0.1, 0.15) is 17.8 Å². The molecule has 0 saturated carbocycles. The highest BCUT2D eigenvalue weighted by molar-refractivity contribution is 5.14. The summed E-state index contributed by atoms with van der Waals surface area (Å²) in [5.41, 5.74) is 1.43. The van der Waals surface area contributed by atoms with E-state index >= 15 is 0 Å². The van der Waals surface area contributed by atoms with Crippen LogP contribution in [0, 0.1) is 6.92 Å². The van der Waals surface area contributed by atoms with Crippen LogP contribution in [0.5, 0.6) is 0 Å². The summed E-state index contributed by atoms with van der Waals surface area (Å²) in [5.74, 6) is 1.31. The van der Waals surface area contributed by atoms with Crippen molar-refractivity contribution in [3.05, 3.63) is 54.1 Å². The second-order valence-corrected chi connectivity index (χ2v) is 4.24. The van der Waals surface area contributed by atoms with E-state index in [-0.39, 0.29) is 0 Å². The normalized spacial score (nSPS) is 10.6. The topological polar surface area (TPSA) is 8.81 Å². The molecule has 1 aromatic heterocycles. The van der Waals surface area contributed by atoms with E-state index < -0.39 is 0 Å². The van der Waals surface area contributed by atoms with Crippen LogP contribution in [0.4, 0.5) is 0 Å². The van der Waals surface area contributed by atoms with Crippen LogP contribution in [0.15, 0.2) is 42.7 Å². The summed E-state index contributed by atoms with van der Waals surface area (Å²) >= 11 is 0. The van der Waals surface area contributed by atoms with Crippen LogP contribution < -0.4 is 4.57 Å². The Morgan fingerprint density at radius 1 is 1.19 bits per heavy atom. The fourth-order valence-corrected chi connectivity index (χ4v) is 1.93. The molecule has 0 unspecified atom stereocenters. The fraction of sp³-hybridized carbons (Fsp3) is 0.357. The number of hydrogen-bond acceptors (Lipinski definition) is 0. The first kappa shape index (κ1) is 10.9. The number of rotatable bonds is 4. The summed E-state index contributed by atoms with van der Waals surface area (Å²) in [6, 6.07) is 10.7. The van der Waals surface area contributed by atoms with Gasteiger partial charge in [-0.05, 0) is 18.4 Å². The summed E-state index contributed by atoms with van der Waals surface area (Å²) in [5, 5.41) is 0. The van der Waals surface area contributed by atoms with Crippen LogP contribution in [0.3, 0.4) is 0 Å². The highest BCUT2D eigenvalue weighted by Crippen LogP contribution is 2.04. The number of nitrogens with zero attached hydrogens (tertiary/aromatic N) is 2. The molecule has 16 heavy (non-hydrogen) atoms. The van der Waals surface area contributed by atoms with Crippen LogP contribution in [0.25, 0.3) is 0 Å². The molecule has 0 fully saturated rings. The van der Waals surface area contributed by atoms with Gasteiger partial charge in [-0.2, -0.15) is 0 Å². The highest BCUT2D eigenvalue weighted by Gasteiger charge is 2.07. The van der Waals surface area contributed by atoms with Crippen LogP contribution in [0.2, 0.25) is 0 Å². The molecule has 0 saturated heterocycles. The maximum Gasteiger partial charge on any atom is 0.253 e. The van der Waals surface area contributed by atoms with Gasteiger partial charge in [0, 0.05) is 6.92 Å². The Balaban J connectivity index is 1.87. The van der Waals surface area contributed by atoms with E-state index in [4.69, 9.17) is 0 Å². The van der Waals surface area contributed by atoms with Gasteiger partial charge in [0.25, 0.3) is 5.82 Å². The quantitative estimate of drug-likeness (QED) is 0.692. The molecule has 0 aliphatic carbocycles. The molecule has 0 bridgehead atoms.